The van der Waals surface area contributed by atoms with Gasteiger partial charge < -0.3 is 15.2 Å². The second-order valence-corrected chi connectivity index (χ2v) is 12.3. The summed E-state index contributed by atoms with van der Waals surface area (Å²) < 4.78 is 11.2. The zero-order valence-electron chi connectivity index (χ0n) is 14.6. The number of H-pyrrole nitrogens is 1. The molecule has 0 radical (unpaired) electrons. The minimum absolute atomic E-state index is 0.391. The maximum absolute atomic E-state index is 9.13. The average Bonchev–Trinajstić information content (AvgIpc) is 2.99. The van der Waals surface area contributed by atoms with Gasteiger partial charge in [0, 0.05) is 23.8 Å². The highest BCUT2D eigenvalue weighted by molar-refractivity contribution is 6.76. The zero-order valence-corrected chi connectivity index (χ0v) is 15.6. The third kappa shape index (κ3) is 4.68. The second kappa shape index (κ2) is 7.62. The Morgan fingerprint density at radius 1 is 1.38 bits per heavy atom. The largest absolute Gasteiger partial charge is 0.496 e. The van der Waals surface area contributed by atoms with Gasteiger partial charge in [0.2, 0.25) is 0 Å². The van der Waals surface area contributed by atoms with Crippen molar-refractivity contribution in [2.45, 2.75) is 32.3 Å². The zero-order chi connectivity index (χ0) is 17.7. The molecule has 0 aliphatic heterocycles. The first-order valence-electron chi connectivity index (χ1n) is 7.82. The number of ether oxygens (including phenoxy) is 2. The molecule has 0 aliphatic rings. The van der Waals surface area contributed by atoms with Gasteiger partial charge in [-0.1, -0.05) is 19.6 Å². The molecule has 1 heterocycles. The summed E-state index contributed by atoms with van der Waals surface area (Å²) >= 11 is 0. The summed E-state index contributed by atoms with van der Waals surface area (Å²) in [6.07, 6.45) is 2.61. The van der Waals surface area contributed by atoms with Crippen LogP contribution in [0.1, 0.15) is 11.1 Å². The van der Waals surface area contributed by atoms with Gasteiger partial charge in [-0.05, 0) is 18.2 Å². The number of nitrogens with one attached hydrogen (secondary N) is 1. The van der Waals surface area contributed by atoms with Crippen molar-refractivity contribution < 1.29 is 9.47 Å². The third-order valence-electron chi connectivity index (χ3n) is 3.47. The summed E-state index contributed by atoms with van der Waals surface area (Å²) in [5, 5.41) is 16.2. The number of benzene rings is 1. The average molecular weight is 344 g/mol. The fourth-order valence-electron chi connectivity index (χ4n) is 2.30. The van der Waals surface area contributed by atoms with E-state index in [-0.39, 0.29) is 0 Å². The first-order valence-corrected chi connectivity index (χ1v) is 11.5. The molecule has 2 rings (SSSR count). The van der Waals surface area contributed by atoms with Crippen LogP contribution in [0.15, 0.2) is 24.4 Å². The molecule has 7 heteroatoms. The quantitative estimate of drug-likeness (QED) is 0.594. The Morgan fingerprint density at radius 2 is 2.12 bits per heavy atom. The first kappa shape index (κ1) is 18.2. The van der Waals surface area contributed by atoms with Crippen LogP contribution in [0.5, 0.6) is 5.75 Å². The Balaban J connectivity index is 2.23. The lowest BCUT2D eigenvalue weighted by Gasteiger charge is -2.20. The van der Waals surface area contributed by atoms with Crippen LogP contribution in [-0.4, -0.2) is 37.8 Å². The molecule has 0 saturated carbocycles. The van der Waals surface area contributed by atoms with E-state index < -0.39 is 14.3 Å². The number of methoxy groups -OCH3 is 1. The van der Waals surface area contributed by atoms with Crippen LogP contribution in [-0.2, 0) is 11.2 Å². The molecular formula is C17H24N4O2Si. The Labute approximate surface area is 143 Å². The van der Waals surface area contributed by atoms with Crippen LogP contribution in [0.3, 0.4) is 0 Å². The van der Waals surface area contributed by atoms with Gasteiger partial charge in [-0.3, -0.25) is 5.10 Å². The Kier molecular flexibility index (Phi) is 5.78. The Morgan fingerprint density at radius 3 is 2.75 bits per heavy atom. The van der Waals surface area contributed by atoms with E-state index >= 15 is 0 Å². The molecule has 128 valence electrons. The lowest BCUT2D eigenvalue weighted by atomic mass is 10.0. The van der Waals surface area contributed by atoms with Gasteiger partial charge in [0.15, 0.2) is 0 Å². The van der Waals surface area contributed by atoms with Gasteiger partial charge in [-0.25, -0.2) is 0 Å². The molecule has 0 spiro atoms. The predicted octanol–water partition coefficient (Wildman–Crippen LogP) is 2.68. The predicted molar refractivity (Wildman–Crippen MR) is 96.3 cm³/mol. The summed E-state index contributed by atoms with van der Waals surface area (Å²) in [6, 6.07) is 7.43. The van der Waals surface area contributed by atoms with Crippen LogP contribution in [0.25, 0.3) is 11.3 Å². The number of hydrogen-bond acceptors (Lipinski definition) is 5. The molecule has 3 N–H and O–H groups in total. The van der Waals surface area contributed by atoms with Crippen molar-refractivity contribution >= 4 is 8.07 Å². The van der Waals surface area contributed by atoms with Crippen molar-refractivity contribution in [1.82, 2.24) is 10.2 Å². The van der Waals surface area contributed by atoms with Crippen LogP contribution < -0.4 is 10.5 Å². The topological polar surface area (TPSA) is 97.0 Å². The molecule has 6 nitrogen and oxygen atoms in total. The highest BCUT2D eigenvalue weighted by atomic mass is 28.3. The van der Waals surface area contributed by atoms with Gasteiger partial charge in [-0.2, -0.15) is 10.4 Å². The smallest absolute Gasteiger partial charge is 0.128 e. The molecular weight excluding hydrogens is 320 g/mol. The Hall–Kier alpha value is -2.14. The van der Waals surface area contributed by atoms with E-state index in [0.29, 0.717) is 24.0 Å². The van der Waals surface area contributed by atoms with Crippen molar-refractivity contribution in [3.05, 3.63) is 35.5 Å². The number of aromatic nitrogens is 2. The van der Waals surface area contributed by atoms with Gasteiger partial charge in [0.05, 0.1) is 38.7 Å². The van der Waals surface area contributed by atoms with Crippen LogP contribution in [0.2, 0.25) is 19.6 Å². The summed E-state index contributed by atoms with van der Waals surface area (Å²) in [4.78, 5) is 0. The molecule has 1 aromatic heterocycles. The van der Waals surface area contributed by atoms with Gasteiger partial charge in [0.1, 0.15) is 12.0 Å². The van der Waals surface area contributed by atoms with Crippen molar-refractivity contribution in [2.24, 2.45) is 5.73 Å². The molecule has 1 aromatic carbocycles. The molecule has 1 atom stereocenters. The molecule has 0 amide bonds. The summed E-state index contributed by atoms with van der Waals surface area (Å²) in [5.74, 6) is 0.677. The standard InChI is InChI=1S/C17H24N4O2Si/c1-22-15-6-5-12(9-18)7-14(15)17-13(10-20-21-17)8-16(19)23-11-24(2,3)4/h5-7,10,16H,8,11,19H2,1-4H3,(H,20,21). The number of nitrogens with zero attached hydrogens (tertiary/aromatic N) is 2. The number of aromatic amines is 1. The van der Waals surface area contributed by atoms with E-state index in [0.717, 1.165) is 16.8 Å². The molecule has 0 fully saturated rings. The second-order valence-electron chi connectivity index (χ2n) is 6.91. The first-order chi connectivity index (χ1) is 11.3. The highest BCUT2D eigenvalue weighted by Crippen LogP contribution is 2.32. The molecule has 0 bridgehead atoms. The highest BCUT2D eigenvalue weighted by Gasteiger charge is 2.19. The van der Waals surface area contributed by atoms with Crippen molar-refractivity contribution in [3.8, 4) is 23.1 Å². The van der Waals surface area contributed by atoms with E-state index in [1.54, 1.807) is 31.5 Å². The normalized spacial score (nSPS) is 12.7. The van der Waals surface area contributed by atoms with E-state index in [9.17, 15) is 0 Å². The summed E-state index contributed by atoms with van der Waals surface area (Å²) in [7, 11) is 0.293. The number of nitriles is 1. The SMILES string of the molecule is COc1ccc(C#N)cc1-c1[nH]ncc1CC(N)OC[Si](C)(C)C. The van der Waals surface area contributed by atoms with Crippen LogP contribution >= 0.6 is 0 Å². The Bertz CT molecular complexity index is 731. The van der Waals surface area contributed by atoms with Crippen LogP contribution in [0, 0.1) is 11.3 Å². The van der Waals surface area contributed by atoms with Gasteiger partial charge in [0.25, 0.3) is 0 Å². The maximum Gasteiger partial charge on any atom is 0.128 e. The molecule has 1 unspecified atom stereocenters. The summed E-state index contributed by atoms with van der Waals surface area (Å²) in [6.45, 7) is 6.71. The molecule has 2 aromatic rings. The van der Waals surface area contributed by atoms with E-state index in [1.165, 1.54) is 0 Å². The molecule has 0 aliphatic carbocycles. The van der Waals surface area contributed by atoms with E-state index in [1.807, 2.05) is 0 Å². The van der Waals surface area contributed by atoms with E-state index in [2.05, 4.69) is 35.9 Å². The number of hydrogen-bond donors (Lipinski definition) is 2. The van der Waals surface area contributed by atoms with Crippen molar-refractivity contribution in [3.63, 3.8) is 0 Å². The lowest BCUT2D eigenvalue weighted by Crippen LogP contribution is -2.36. The third-order valence-corrected chi connectivity index (χ3v) is 4.50. The van der Waals surface area contributed by atoms with Gasteiger partial charge >= 0.3 is 0 Å². The number of rotatable bonds is 7. The van der Waals surface area contributed by atoms with Gasteiger partial charge in [-0.15, -0.1) is 0 Å². The van der Waals surface area contributed by atoms with Crippen molar-refractivity contribution in [1.29, 1.82) is 5.26 Å². The van der Waals surface area contributed by atoms with E-state index in [4.69, 9.17) is 20.5 Å². The fourth-order valence-corrected chi connectivity index (χ4v) is 3.02. The van der Waals surface area contributed by atoms with Crippen molar-refractivity contribution in [2.75, 3.05) is 13.3 Å². The monoisotopic (exact) mass is 344 g/mol. The summed E-state index contributed by atoms with van der Waals surface area (Å²) in [5.41, 5.74) is 9.21. The van der Waals surface area contributed by atoms with Crippen LogP contribution in [0.4, 0.5) is 0 Å². The fraction of sp³-hybridized carbons (Fsp3) is 0.412. The maximum atomic E-state index is 9.13. The lowest BCUT2D eigenvalue weighted by molar-refractivity contribution is 0.0883. The molecule has 24 heavy (non-hydrogen) atoms. The molecule has 0 saturated heterocycles. The minimum Gasteiger partial charge on any atom is -0.496 e. The number of nitrogens with two attached hydrogens (primary N) is 1. The minimum atomic E-state index is -1.31.